The number of hydrogen-bond donors (Lipinski definition) is 1. The number of likely N-dealkylation sites (tertiary alicyclic amines) is 1. The number of piperidine rings is 1. The van der Waals surface area contributed by atoms with Gasteiger partial charge in [-0.15, -0.1) is 11.3 Å². The van der Waals surface area contributed by atoms with E-state index in [2.05, 4.69) is 30.0 Å². The van der Waals surface area contributed by atoms with E-state index >= 15 is 0 Å². The highest BCUT2D eigenvalue weighted by Crippen LogP contribution is 2.43. The maximum atomic E-state index is 11.6. The van der Waals surface area contributed by atoms with Crippen molar-refractivity contribution in [2.75, 3.05) is 27.3 Å². The Morgan fingerprint density at radius 3 is 2.74 bits per heavy atom. The normalized spacial score (nSPS) is 18.9. The molecule has 0 bridgehead atoms. The highest BCUT2D eigenvalue weighted by atomic mass is 32.1. The van der Waals surface area contributed by atoms with Crippen LogP contribution in [0.5, 0.6) is 11.5 Å². The highest BCUT2D eigenvalue weighted by molar-refractivity contribution is 7.12. The second kappa shape index (κ2) is 8.76. The fraction of sp³-hybridized carbons (Fsp3) is 0.476. The molecule has 0 radical (unpaired) electrons. The minimum absolute atomic E-state index is 0.0394. The number of nitrogens with zero attached hydrogens (tertiary/aromatic N) is 1. The van der Waals surface area contributed by atoms with Crippen molar-refractivity contribution in [3.05, 3.63) is 45.6 Å². The van der Waals surface area contributed by atoms with E-state index in [4.69, 9.17) is 9.47 Å². The quantitative estimate of drug-likeness (QED) is 0.769. The standard InChI is InChI=1S/C21H27NO4S/c1-4-15-10-11-18(27-15)19(22-12-6-7-14(13-22)21(23)24)16-8-5-9-17(25-2)20(16)26-3/h5,8-11,14,19H,4,6-7,12-13H2,1-3H3,(H,23,24). The number of carboxylic acid groups (broad SMARTS) is 1. The van der Waals surface area contributed by atoms with E-state index in [1.54, 1.807) is 25.6 Å². The number of hydrogen-bond acceptors (Lipinski definition) is 5. The zero-order chi connectivity index (χ0) is 19.4. The molecule has 0 aliphatic carbocycles. The molecule has 3 rings (SSSR count). The molecule has 6 heteroatoms. The lowest BCUT2D eigenvalue weighted by molar-refractivity contribution is -0.143. The van der Waals surface area contributed by atoms with Gasteiger partial charge >= 0.3 is 5.97 Å². The largest absolute Gasteiger partial charge is 0.493 e. The van der Waals surface area contributed by atoms with E-state index < -0.39 is 5.97 Å². The molecule has 146 valence electrons. The number of benzene rings is 1. The molecule has 5 nitrogen and oxygen atoms in total. The molecule has 2 aromatic rings. The van der Waals surface area contributed by atoms with Crippen molar-refractivity contribution in [3.8, 4) is 11.5 Å². The molecule has 0 amide bonds. The number of para-hydroxylation sites is 1. The predicted molar refractivity (Wildman–Crippen MR) is 107 cm³/mol. The van der Waals surface area contributed by atoms with Gasteiger partial charge in [0.2, 0.25) is 0 Å². The number of carboxylic acids is 1. The lowest BCUT2D eigenvalue weighted by Crippen LogP contribution is -2.41. The molecule has 0 saturated carbocycles. The third-order valence-corrected chi connectivity index (χ3v) is 6.48. The van der Waals surface area contributed by atoms with Crippen LogP contribution in [0.15, 0.2) is 30.3 Å². The average molecular weight is 390 g/mol. The maximum absolute atomic E-state index is 11.6. The monoisotopic (exact) mass is 389 g/mol. The first kappa shape index (κ1) is 19.7. The summed E-state index contributed by atoms with van der Waals surface area (Å²) in [6, 6.07) is 10.2. The van der Waals surface area contributed by atoms with E-state index in [-0.39, 0.29) is 12.0 Å². The minimum atomic E-state index is -0.712. The molecule has 0 spiro atoms. The number of rotatable bonds is 7. The van der Waals surface area contributed by atoms with Gasteiger partial charge in [-0.1, -0.05) is 19.1 Å². The van der Waals surface area contributed by atoms with Crippen LogP contribution in [0.25, 0.3) is 0 Å². The van der Waals surface area contributed by atoms with Crippen LogP contribution in [0.1, 0.15) is 41.1 Å². The van der Waals surface area contributed by atoms with Crippen LogP contribution >= 0.6 is 11.3 Å². The van der Waals surface area contributed by atoms with Gasteiger partial charge in [0.05, 0.1) is 26.2 Å². The second-order valence-electron chi connectivity index (χ2n) is 6.82. The summed E-state index contributed by atoms with van der Waals surface area (Å²) in [5, 5.41) is 9.54. The fourth-order valence-electron chi connectivity index (χ4n) is 3.83. The Hall–Kier alpha value is -2.05. The third kappa shape index (κ3) is 4.12. The molecule has 1 saturated heterocycles. The molecule has 1 aliphatic heterocycles. The topological polar surface area (TPSA) is 59.0 Å². The van der Waals surface area contributed by atoms with Crippen LogP contribution in [-0.4, -0.2) is 43.3 Å². The minimum Gasteiger partial charge on any atom is -0.493 e. The zero-order valence-corrected chi connectivity index (χ0v) is 16.9. The summed E-state index contributed by atoms with van der Waals surface area (Å²) in [7, 11) is 3.29. The van der Waals surface area contributed by atoms with Crippen LogP contribution in [0.4, 0.5) is 0 Å². The highest BCUT2D eigenvalue weighted by Gasteiger charge is 2.34. The smallest absolute Gasteiger partial charge is 0.307 e. The van der Waals surface area contributed by atoms with Crippen molar-refractivity contribution < 1.29 is 19.4 Å². The Morgan fingerprint density at radius 2 is 2.11 bits per heavy atom. The average Bonchev–Trinajstić information content (AvgIpc) is 3.17. The van der Waals surface area contributed by atoms with Crippen molar-refractivity contribution >= 4 is 17.3 Å². The van der Waals surface area contributed by atoms with Gasteiger partial charge in [0.1, 0.15) is 0 Å². The van der Waals surface area contributed by atoms with E-state index in [0.29, 0.717) is 18.0 Å². The fourth-order valence-corrected chi connectivity index (χ4v) is 4.94. The number of aliphatic carboxylic acids is 1. The van der Waals surface area contributed by atoms with Crippen LogP contribution in [-0.2, 0) is 11.2 Å². The number of ether oxygens (including phenoxy) is 2. The molecule has 2 unspecified atom stereocenters. The van der Waals surface area contributed by atoms with Crippen molar-refractivity contribution in [3.63, 3.8) is 0 Å². The van der Waals surface area contributed by atoms with E-state index in [0.717, 1.165) is 31.4 Å². The molecule has 1 N–H and O–H groups in total. The first-order valence-corrected chi connectivity index (χ1v) is 10.2. The first-order valence-electron chi connectivity index (χ1n) is 9.35. The lowest BCUT2D eigenvalue weighted by Gasteiger charge is -2.37. The SMILES string of the molecule is CCc1ccc(C(c2cccc(OC)c2OC)N2CCCC(C(=O)O)C2)s1. The van der Waals surface area contributed by atoms with Crippen LogP contribution in [0.2, 0.25) is 0 Å². The Balaban J connectivity index is 2.07. The molecule has 1 aromatic carbocycles. The van der Waals surface area contributed by atoms with Gasteiger partial charge in [-0.2, -0.15) is 0 Å². The molecule has 27 heavy (non-hydrogen) atoms. The van der Waals surface area contributed by atoms with Crippen LogP contribution in [0, 0.1) is 5.92 Å². The molecule has 2 atom stereocenters. The number of carbonyl (C=O) groups is 1. The molecule has 1 aromatic heterocycles. The zero-order valence-electron chi connectivity index (χ0n) is 16.1. The Kier molecular flexibility index (Phi) is 6.39. The summed E-state index contributed by atoms with van der Waals surface area (Å²) in [6.45, 7) is 3.56. The summed E-state index contributed by atoms with van der Waals surface area (Å²) in [5.74, 6) is 0.368. The Morgan fingerprint density at radius 1 is 1.30 bits per heavy atom. The summed E-state index contributed by atoms with van der Waals surface area (Å²) in [5.41, 5.74) is 1.02. The number of methoxy groups -OCH3 is 2. The van der Waals surface area contributed by atoms with Crippen LogP contribution in [0.3, 0.4) is 0 Å². The molecule has 1 fully saturated rings. The summed E-state index contributed by atoms with van der Waals surface area (Å²) >= 11 is 1.79. The van der Waals surface area contributed by atoms with E-state index in [1.165, 1.54) is 9.75 Å². The molecule has 2 heterocycles. The Labute approximate surface area is 164 Å². The predicted octanol–water partition coefficient (Wildman–Crippen LogP) is 4.21. The Bertz CT molecular complexity index is 788. The van der Waals surface area contributed by atoms with E-state index in [1.807, 2.05) is 12.1 Å². The van der Waals surface area contributed by atoms with Gasteiger partial charge in [-0.05, 0) is 44.0 Å². The number of thiophene rings is 1. The molecular formula is C21H27NO4S. The van der Waals surface area contributed by atoms with Gasteiger partial charge < -0.3 is 14.6 Å². The molecule has 1 aliphatic rings. The van der Waals surface area contributed by atoms with Gasteiger partial charge in [0.25, 0.3) is 0 Å². The first-order chi connectivity index (χ1) is 13.1. The van der Waals surface area contributed by atoms with Crippen LogP contribution < -0.4 is 9.47 Å². The van der Waals surface area contributed by atoms with Gasteiger partial charge in [0.15, 0.2) is 11.5 Å². The number of aryl methyl sites for hydroxylation is 1. The lowest BCUT2D eigenvalue weighted by atomic mass is 9.93. The van der Waals surface area contributed by atoms with E-state index in [9.17, 15) is 9.90 Å². The second-order valence-corrected chi connectivity index (χ2v) is 8.02. The van der Waals surface area contributed by atoms with Crippen molar-refractivity contribution in [2.45, 2.75) is 32.2 Å². The van der Waals surface area contributed by atoms with Crippen molar-refractivity contribution in [2.24, 2.45) is 5.92 Å². The molecular weight excluding hydrogens is 362 g/mol. The van der Waals surface area contributed by atoms with Crippen molar-refractivity contribution in [1.82, 2.24) is 4.90 Å². The third-order valence-electron chi connectivity index (χ3n) is 5.20. The van der Waals surface area contributed by atoms with Crippen molar-refractivity contribution in [1.29, 1.82) is 0 Å². The van der Waals surface area contributed by atoms with Gasteiger partial charge in [-0.25, -0.2) is 0 Å². The summed E-state index contributed by atoms with van der Waals surface area (Å²) in [6.07, 6.45) is 2.61. The summed E-state index contributed by atoms with van der Waals surface area (Å²) < 4.78 is 11.2. The summed E-state index contributed by atoms with van der Waals surface area (Å²) in [4.78, 5) is 16.4. The van der Waals surface area contributed by atoms with Gasteiger partial charge in [0, 0.05) is 21.9 Å². The van der Waals surface area contributed by atoms with Gasteiger partial charge in [-0.3, -0.25) is 9.69 Å². The maximum Gasteiger partial charge on any atom is 0.307 e.